The molecule has 0 atom stereocenters. The van der Waals surface area contributed by atoms with Crippen LogP contribution in [-0.4, -0.2) is 22.5 Å². The average molecular weight is 682 g/mol. The van der Waals surface area contributed by atoms with Crippen molar-refractivity contribution in [1.82, 2.24) is 9.66 Å². The Morgan fingerprint density at radius 1 is 1.07 bits per heavy atom. The lowest BCUT2D eigenvalue weighted by molar-refractivity contribution is -0.137. The molecule has 5 aromatic rings. The van der Waals surface area contributed by atoms with Gasteiger partial charge in [0.25, 0.3) is 5.56 Å². The van der Waals surface area contributed by atoms with Gasteiger partial charge in [0.1, 0.15) is 11.6 Å². The topological polar surface area (TPSA) is 89.5 Å². The molecule has 0 aliphatic rings. The zero-order chi connectivity index (χ0) is 31.4. The molecule has 0 unspecified atom stereocenters. The fourth-order valence-corrected chi connectivity index (χ4v) is 5.03. The van der Waals surface area contributed by atoms with Gasteiger partial charge in [-0.1, -0.05) is 54.1 Å². The number of aromatic nitrogens is 2. The zero-order valence-electron chi connectivity index (χ0n) is 22.9. The molecule has 0 saturated carbocycles. The van der Waals surface area contributed by atoms with Crippen molar-refractivity contribution in [2.45, 2.75) is 19.7 Å². The SMILES string of the molecule is CCOc1cc(C=Nn2c(-c3cccc(C(F)(F)F)c3)nc3ccccc3c2=O)c(Br)c(Cl)c1OCc1ccccc1C#N. The number of ether oxygens (including phenoxy) is 2. The highest BCUT2D eigenvalue weighted by atomic mass is 79.9. The van der Waals surface area contributed by atoms with Gasteiger partial charge >= 0.3 is 6.18 Å². The predicted molar refractivity (Wildman–Crippen MR) is 165 cm³/mol. The molecule has 222 valence electrons. The Hall–Kier alpha value is -4.66. The first-order valence-electron chi connectivity index (χ1n) is 13.1. The molecule has 0 aliphatic heterocycles. The molecule has 7 nitrogen and oxygen atoms in total. The minimum atomic E-state index is -4.60. The third-order valence-electron chi connectivity index (χ3n) is 6.48. The fourth-order valence-electron chi connectivity index (χ4n) is 4.37. The Balaban J connectivity index is 1.60. The van der Waals surface area contributed by atoms with Gasteiger partial charge in [-0.25, -0.2) is 4.98 Å². The van der Waals surface area contributed by atoms with Crippen LogP contribution in [0.15, 0.2) is 93.2 Å². The molecule has 0 fully saturated rings. The summed E-state index contributed by atoms with van der Waals surface area (Å²) >= 11 is 10.1. The van der Waals surface area contributed by atoms with Gasteiger partial charge in [-0.15, -0.1) is 0 Å². The predicted octanol–water partition coefficient (Wildman–Crippen LogP) is 8.23. The number of hydrogen-bond donors (Lipinski definition) is 0. The Morgan fingerprint density at radius 3 is 2.57 bits per heavy atom. The number of fused-ring (bicyclic) bond motifs is 1. The zero-order valence-corrected chi connectivity index (χ0v) is 25.2. The van der Waals surface area contributed by atoms with Crippen LogP contribution in [-0.2, 0) is 12.8 Å². The highest BCUT2D eigenvalue weighted by Crippen LogP contribution is 2.43. The van der Waals surface area contributed by atoms with E-state index in [4.69, 9.17) is 21.1 Å². The van der Waals surface area contributed by atoms with Crippen LogP contribution in [0.5, 0.6) is 11.5 Å². The Morgan fingerprint density at radius 2 is 1.82 bits per heavy atom. The van der Waals surface area contributed by atoms with Gasteiger partial charge in [-0.05, 0) is 59.3 Å². The van der Waals surface area contributed by atoms with Crippen LogP contribution in [0.3, 0.4) is 0 Å². The summed E-state index contributed by atoms with van der Waals surface area (Å²) in [4.78, 5) is 18.0. The summed E-state index contributed by atoms with van der Waals surface area (Å²) in [7, 11) is 0. The summed E-state index contributed by atoms with van der Waals surface area (Å²) in [6.45, 7) is 2.09. The third kappa shape index (κ3) is 6.32. The maximum atomic E-state index is 13.6. The van der Waals surface area contributed by atoms with E-state index in [9.17, 15) is 23.2 Å². The van der Waals surface area contributed by atoms with Crippen LogP contribution < -0.4 is 15.0 Å². The first-order valence-corrected chi connectivity index (χ1v) is 14.3. The molecule has 0 amide bonds. The number of halogens is 5. The summed E-state index contributed by atoms with van der Waals surface area (Å²) in [6, 6.07) is 21.7. The van der Waals surface area contributed by atoms with Crippen molar-refractivity contribution in [3.63, 3.8) is 0 Å². The molecule has 44 heavy (non-hydrogen) atoms. The Labute approximate surface area is 262 Å². The maximum absolute atomic E-state index is 13.6. The number of rotatable bonds is 8. The standard InChI is InChI=1S/C32H21BrClF3N4O3/c1-2-43-26-15-22(27(33)28(34)29(26)44-18-21-9-4-3-8-20(21)16-38)17-39-41-30(19-10-7-11-23(14-19)32(35,36)37)40-25-13-6-5-12-24(25)31(41)42/h3-15,17H,2,18H2,1H3. The van der Waals surface area contributed by atoms with Crippen LogP contribution in [0, 0.1) is 11.3 Å². The summed E-state index contributed by atoms with van der Waals surface area (Å²) < 4.78 is 53.6. The molecular weight excluding hydrogens is 661 g/mol. The van der Waals surface area contributed by atoms with Crippen molar-refractivity contribution < 1.29 is 22.6 Å². The van der Waals surface area contributed by atoms with Crippen LogP contribution in [0.1, 0.15) is 29.2 Å². The lowest BCUT2D eigenvalue weighted by Crippen LogP contribution is -2.20. The van der Waals surface area contributed by atoms with E-state index in [1.54, 1.807) is 61.5 Å². The van der Waals surface area contributed by atoms with E-state index in [-0.39, 0.29) is 46.5 Å². The molecule has 12 heteroatoms. The second kappa shape index (κ2) is 12.9. The van der Waals surface area contributed by atoms with Crippen LogP contribution in [0.4, 0.5) is 13.2 Å². The van der Waals surface area contributed by atoms with Crippen molar-refractivity contribution in [1.29, 1.82) is 5.26 Å². The number of benzene rings is 4. The Bertz CT molecular complexity index is 2000. The van der Waals surface area contributed by atoms with Crippen molar-refractivity contribution in [3.8, 4) is 29.0 Å². The molecule has 4 aromatic carbocycles. The molecule has 5 rings (SSSR count). The van der Waals surface area contributed by atoms with E-state index in [0.29, 0.717) is 26.7 Å². The maximum Gasteiger partial charge on any atom is 0.416 e. The molecule has 0 saturated heterocycles. The summed E-state index contributed by atoms with van der Waals surface area (Å²) in [5, 5.41) is 14.1. The first kappa shape index (κ1) is 30.8. The molecule has 0 bridgehead atoms. The van der Waals surface area contributed by atoms with E-state index in [2.05, 4.69) is 32.1 Å². The van der Waals surface area contributed by atoms with Crippen molar-refractivity contribution >= 4 is 44.6 Å². The smallest absolute Gasteiger partial charge is 0.416 e. The normalized spacial score (nSPS) is 11.6. The van der Waals surface area contributed by atoms with Gasteiger partial charge in [-0.3, -0.25) is 4.79 Å². The van der Waals surface area contributed by atoms with Crippen LogP contribution in [0.25, 0.3) is 22.3 Å². The van der Waals surface area contributed by atoms with Crippen molar-refractivity contribution in [2.24, 2.45) is 5.10 Å². The fraction of sp³-hybridized carbons (Fsp3) is 0.125. The minimum Gasteiger partial charge on any atom is -0.490 e. The van der Waals surface area contributed by atoms with Gasteiger partial charge < -0.3 is 9.47 Å². The van der Waals surface area contributed by atoms with Gasteiger partial charge in [-0.2, -0.15) is 28.2 Å². The van der Waals surface area contributed by atoms with Crippen molar-refractivity contribution in [3.05, 3.63) is 121 Å². The van der Waals surface area contributed by atoms with Gasteiger partial charge in [0.05, 0.1) is 40.9 Å². The average Bonchev–Trinajstić information content (AvgIpc) is 3.02. The van der Waals surface area contributed by atoms with E-state index < -0.39 is 17.3 Å². The van der Waals surface area contributed by atoms with Gasteiger partial charge in [0.15, 0.2) is 17.3 Å². The number of nitriles is 1. The molecule has 0 spiro atoms. The van der Waals surface area contributed by atoms with Crippen LogP contribution >= 0.6 is 27.5 Å². The quantitative estimate of drug-likeness (QED) is 0.154. The van der Waals surface area contributed by atoms with E-state index in [1.165, 1.54) is 18.3 Å². The molecule has 0 aliphatic carbocycles. The van der Waals surface area contributed by atoms with E-state index in [0.717, 1.165) is 16.8 Å². The second-order valence-corrected chi connectivity index (χ2v) is 10.5. The van der Waals surface area contributed by atoms with Gasteiger partial charge in [0.2, 0.25) is 0 Å². The molecule has 0 N–H and O–H groups in total. The van der Waals surface area contributed by atoms with E-state index in [1.807, 2.05) is 0 Å². The first-order chi connectivity index (χ1) is 21.1. The largest absolute Gasteiger partial charge is 0.490 e. The Kier molecular flexibility index (Phi) is 9.04. The number of nitrogens with zero attached hydrogens (tertiary/aromatic N) is 4. The highest BCUT2D eigenvalue weighted by Gasteiger charge is 2.31. The van der Waals surface area contributed by atoms with Gasteiger partial charge in [0, 0.05) is 21.2 Å². The monoisotopic (exact) mass is 680 g/mol. The molecular formula is C32H21BrClF3N4O3. The summed E-state index contributed by atoms with van der Waals surface area (Å²) in [6.07, 6.45) is -3.28. The summed E-state index contributed by atoms with van der Waals surface area (Å²) in [5.74, 6) is 0.414. The summed E-state index contributed by atoms with van der Waals surface area (Å²) in [5.41, 5.74) is 0.376. The van der Waals surface area contributed by atoms with Crippen molar-refractivity contribution in [2.75, 3.05) is 6.61 Å². The highest BCUT2D eigenvalue weighted by molar-refractivity contribution is 9.10. The number of para-hydroxylation sites is 1. The van der Waals surface area contributed by atoms with Crippen LogP contribution in [0.2, 0.25) is 5.02 Å². The second-order valence-electron chi connectivity index (χ2n) is 9.30. The van der Waals surface area contributed by atoms with E-state index >= 15 is 0 Å². The third-order valence-corrected chi connectivity index (χ3v) is 7.92. The number of alkyl halides is 3. The number of hydrogen-bond acceptors (Lipinski definition) is 6. The molecule has 0 radical (unpaired) electrons. The minimum absolute atomic E-state index is 0.0436. The lowest BCUT2D eigenvalue weighted by Gasteiger charge is -2.16. The lowest BCUT2D eigenvalue weighted by atomic mass is 10.1. The molecule has 1 aromatic heterocycles. The molecule has 1 heterocycles.